The molecular formula is C11H22N2O3S. The van der Waals surface area contributed by atoms with Crippen LogP contribution in [0.1, 0.15) is 26.7 Å². The van der Waals surface area contributed by atoms with Gasteiger partial charge in [0, 0.05) is 6.54 Å². The van der Waals surface area contributed by atoms with Crippen LogP contribution in [0.25, 0.3) is 0 Å². The van der Waals surface area contributed by atoms with E-state index in [0.29, 0.717) is 25.3 Å². The molecule has 6 heteroatoms. The molecule has 2 unspecified atom stereocenters. The lowest BCUT2D eigenvalue weighted by Crippen LogP contribution is -2.43. The second-order valence-electron chi connectivity index (χ2n) is 5.25. The number of rotatable bonds is 5. The molecule has 0 aromatic rings. The molecule has 17 heavy (non-hydrogen) atoms. The van der Waals surface area contributed by atoms with E-state index in [1.54, 1.807) is 0 Å². The van der Waals surface area contributed by atoms with Gasteiger partial charge in [0.05, 0.1) is 17.5 Å². The number of hydrogen-bond donors (Lipinski definition) is 2. The number of nitrogens with one attached hydrogen (secondary N) is 1. The van der Waals surface area contributed by atoms with E-state index in [1.165, 1.54) is 0 Å². The Morgan fingerprint density at radius 1 is 1.47 bits per heavy atom. The topological polar surface area (TPSA) is 89.3 Å². The van der Waals surface area contributed by atoms with E-state index in [1.807, 2.05) is 13.8 Å². The Hall–Kier alpha value is -0.620. The molecule has 0 aromatic heterocycles. The molecule has 1 fully saturated rings. The van der Waals surface area contributed by atoms with E-state index >= 15 is 0 Å². The van der Waals surface area contributed by atoms with Gasteiger partial charge in [-0.15, -0.1) is 0 Å². The molecule has 2 atom stereocenters. The molecule has 1 aliphatic rings. The Kier molecular flexibility index (Phi) is 4.94. The summed E-state index contributed by atoms with van der Waals surface area (Å²) in [6.07, 6.45) is 1.29. The highest BCUT2D eigenvalue weighted by Crippen LogP contribution is 2.17. The maximum absolute atomic E-state index is 11.6. The number of hydrogen-bond acceptors (Lipinski definition) is 4. The first kappa shape index (κ1) is 14.4. The zero-order valence-electron chi connectivity index (χ0n) is 10.5. The fraction of sp³-hybridized carbons (Fsp3) is 0.909. The standard InChI is InChI=1S/C11H22N2O3S/c1-8(2)5-10(12)11(14)13-6-9-3-4-17(15,16)7-9/h8-10H,3-7,12H2,1-2H3,(H,13,14). The molecule has 1 rings (SSSR count). The minimum Gasteiger partial charge on any atom is -0.354 e. The summed E-state index contributed by atoms with van der Waals surface area (Å²) in [4.78, 5) is 11.6. The normalized spacial score (nSPS) is 24.8. The third-order valence-electron chi connectivity index (χ3n) is 2.95. The average molecular weight is 262 g/mol. The monoisotopic (exact) mass is 262 g/mol. The van der Waals surface area contributed by atoms with E-state index in [-0.39, 0.29) is 23.3 Å². The zero-order valence-corrected chi connectivity index (χ0v) is 11.3. The highest BCUT2D eigenvalue weighted by Gasteiger charge is 2.28. The van der Waals surface area contributed by atoms with Crippen LogP contribution in [0, 0.1) is 11.8 Å². The van der Waals surface area contributed by atoms with Crippen molar-refractivity contribution >= 4 is 15.7 Å². The lowest BCUT2D eigenvalue weighted by atomic mass is 10.0. The Labute approximate surface area is 103 Å². The molecule has 0 aliphatic carbocycles. The van der Waals surface area contributed by atoms with Gasteiger partial charge in [0.25, 0.3) is 0 Å². The number of amides is 1. The van der Waals surface area contributed by atoms with Crippen molar-refractivity contribution in [2.45, 2.75) is 32.7 Å². The predicted octanol–water partition coefficient (Wildman–Crippen LogP) is -0.0893. The minimum atomic E-state index is -2.87. The molecule has 0 bridgehead atoms. The van der Waals surface area contributed by atoms with Crippen LogP contribution >= 0.6 is 0 Å². The minimum absolute atomic E-state index is 0.0511. The van der Waals surface area contributed by atoms with Gasteiger partial charge < -0.3 is 11.1 Å². The van der Waals surface area contributed by atoms with Crippen LogP contribution in [0.3, 0.4) is 0 Å². The van der Waals surface area contributed by atoms with Gasteiger partial charge in [-0.25, -0.2) is 8.42 Å². The van der Waals surface area contributed by atoms with Crippen molar-refractivity contribution in [2.24, 2.45) is 17.6 Å². The molecule has 0 radical (unpaired) electrons. The van der Waals surface area contributed by atoms with Crippen molar-refractivity contribution in [3.63, 3.8) is 0 Å². The van der Waals surface area contributed by atoms with Crippen molar-refractivity contribution in [1.82, 2.24) is 5.32 Å². The van der Waals surface area contributed by atoms with E-state index in [0.717, 1.165) is 0 Å². The van der Waals surface area contributed by atoms with Gasteiger partial charge in [-0.1, -0.05) is 13.8 Å². The molecule has 1 amide bonds. The number of sulfone groups is 1. The molecule has 1 aliphatic heterocycles. The van der Waals surface area contributed by atoms with Crippen LogP contribution < -0.4 is 11.1 Å². The summed E-state index contributed by atoms with van der Waals surface area (Å²) in [6, 6.07) is -0.493. The molecule has 1 saturated heterocycles. The first-order valence-corrected chi connectivity index (χ1v) is 7.86. The lowest BCUT2D eigenvalue weighted by Gasteiger charge is -2.15. The largest absolute Gasteiger partial charge is 0.354 e. The van der Waals surface area contributed by atoms with Crippen molar-refractivity contribution < 1.29 is 13.2 Å². The van der Waals surface area contributed by atoms with Crippen molar-refractivity contribution in [1.29, 1.82) is 0 Å². The van der Waals surface area contributed by atoms with Crippen LogP contribution in [0.15, 0.2) is 0 Å². The van der Waals surface area contributed by atoms with E-state index in [2.05, 4.69) is 5.32 Å². The first-order valence-electron chi connectivity index (χ1n) is 6.04. The van der Waals surface area contributed by atoms with Crippen molar-refractivity contribution in [3.8, 4) is 0 Å². The summed E-state index contributed by atoms with van der Waals surface area (Å²) in [5.41, 5.74) is 5.73. The summed E-state index contributed by atoms with van der Waals surface area (Å²) in [6.45, 7) is 4.44. The smallest absolute Gasteiger partial charge is 0.236 e. The van der Waals surface area contributed by atoms with Crippen molar-refractivity contribution in [3.05, 3.63) is 0 Å². The van der Waals surface area contributed by atoms with Gasteiger partial charge in [0.2, 0.25) is 5.91 Å². The highest BCUT2D eigenvalue weighted by molar-refractivity contribution is 7.91. The number of carbonyl (C=O) groups is 1. The van der Waals surface area contributed by atoms with Gasteiger partial charge in [-0.05, 0) is 24.7 Å². The van der Waals surface area contributed by atoms with E-state index in [9.17, 15) is 13.2 Å². The first-order chi connectivity index (χ1) is 7.80. The van der Waals surface area contributed by atoms with Crippen LogP contribution in [-0.4, -0.2) is 38.4 Å². The maximum atomic E-state index is 11.6. The van der Waals surface area contributed by atoms with Gasteiger partial charge in [0.15, 0.2) is 9.84 Å². The molecule has 0 spiro atoms. The van der Waals surface area contributed by atoms with Gasteiger partial charge in [-0.2, -0.15) is 0 Å². The summed E-state index contributed by atoms with van der Waals surface area (Å²) in [5.74, 6) is 0.680. The Morgan fingerprint density at radius 3 is 2.59 bits per heavy atom. The SMILES string of the molecule is CC(C)CC(N)C(=O)NCC1CCS(=O)(=O)C1. The summed E-state index contributed by atoms with van der Waals surface area (Å²) in [7, 11) is -2.87. The van der Waals surface area contributed by atoms with Crippen molar-refractivity contribution in [2.75, 3.05) is 18.1 Å². The molecule has 1 heterocycles. The number of carbonyl (C=O) groups excluding carboxylic acids is 1. The molecule has 0 aromatic carbocycles. The lowest BCUT2D eigenvalue weighted by molar-refractivity contribution is -0.122. The van der Waals surface area contributed by atoms with Crippen LogP contribution in [-0.2, 0) is 14.6 Å². The predicted molar refractivity (Wildman–Crippen MR) is 67.2 cm³/mol. The molecule has 3 N–H and O–H groups in total. The summed E-state index contributed by atoms with van der Waals surface area (Å²) >= 11 is 0. The summed E-state index contributed by atoms with van der Waals surface area (Å²) < 4.78 is 22.5. The highest BCUT2D eigenvalue weighted by atomic mass is 32.2. The molecular weight excluding hydrogens is 240 g/mol. The van der Waals surface area contributed by atoms with E-state index in [4.69, 9.17) is 5.73 Å². The van der Waals surface area contributed by atoms with E-state index < -0.39 is 15.9 Å². The summed E-state index contributed by atoms with van der Waals surface area (Å²) in [5, 5.41) is 2.74. The molecule has 5 nitrogen and oxygen atoms in total. The fourth-order valence-corrected chi connectivity index (χ4v) is 3.89. The number of nitrogens with two attached hydrogens (primary N) is 1. The van der Waals surface area contributed by atoms with Gasteiger partial charge in [-0.3, -0.25) is 4.79 Å². The molecule has 0 saturated carbocycles. The Bertz CT molecular complexity index is 365. The third kappa shape index (κ3) is 5.04. The Morgan fingerprint density at radius 2 is 2.12 bits per heavy atom. The van der Waals surface area contributed by atoms with Gasteiger partial charge >= 0.3 is 0 Å². The maximum Gasteiger partial charge on any atom is 0.236 e. The average Bonchev–Trinajstić information content (AvgIpc) is 2.53. The van der Waals surface area contributed by atoms with Crippen LogP contribution in [0.4, 0.5) is 0 Å². The zero-order chi connectivity index (χ0) is 13.1. The quantitative estimate of drug-likeness (QED) is 0.724. The second kappa shape index (κ2) is 5.82. The third-order valence-corrected chi connectivity index (χ3v) is 4.79. The Balaban J connectivity index is 2.29. The van der Waals surface area contributed by atoms with Crippen LogP contribution in [0.5, 0.6) is 0 Å². The molecule has 100 valence electrons. The second-order valence-corrected chi connectivity index (χ2v) is 7.48. The van der Waals surface area contributed by atoms with Gasteiger partial charge in [0.1, 0.15) is 0 Å². The van der Waals surface area contributed by atoms with Crippen LogP contribution in [0.2, 0.25) is 0 Å². The fourth-order valence-electron chi connectivity index (χ4n) is 2.02.